The van der Waals surface area contributed by atoms with Gasteiger partial charge in [0.15, 0.2) is 5.76 Å². The molecule has 2 aromatic heterocycles. The smallest absolute Gasteiger partial charge is 0.341 e. The fourth-order valence-electron chi connectivity index (χ4n) is 3.30. The maximum atomic E-state index is 12.7. The molecule has 140 valence electrons. The van der Waals surface area contributed by atoms with Gasteiger partial charge in [-0.15, -0.1) is 11.3 Å². The van der Waals surface area contributed by atoms with Crippen molar-refractivity contribution in [3.8, 4) is 0 Å². The summed E-state index contributed by atoms with van der Waals surface area (Å²) in [5.74, 6) is 0.835. The molecular weight excluding hydrogens is 350 g/mol. The highest BCUT2D eigenvalue weighted by molar-refractivity contribution is 7.17. The molecule has 0 aliphatic heterocycles. The number of anilines is 1. The first-order chi connectivity index (χ1) is 12.4. The maximum absolute atomic E-state index is 12.7. The van der Waals surface area contributed by atoms with Crippen molar-refractivity contribution in [2.24, 2.45) is 5.92 Å². The van der Waals surface area contributed by atoms with Gasteiger partial charge in [-0.25, -0.2) is 4.79 Å². The molecule has 1 N–H and O–H groups in total. The van der Waals surface area contributed by atoms with Gasteiger partial charge in [-0.3, -0.25) is 4.79 Å². The van der Waals surface area contributed by atoms with Crippen molar-refractivity contribution in [2.45, 2.75) is 59.5 Å². The van der Waals surface area contributed by atoms with Crippen LogP contribution in [0.15, 0.2) is 16.5 Å². The number of aryl methyl sites for hydroxylation is 1. The van der Waals surface area contributed by atoms with Crippen LogP contribution in [0.4, 0.5) is 5.00 Å². The van der Waals surface area contributed by atoms with Crippen molar-refractivity contribution in [1.29, 1.82) is 0 Å². The topological polar surface area (TPSA) is 68.5 Å². The van der Waals surface area contributed by atoms with E-state index >= 15 is 0 Å². The van der Waals surface area contributed by atoms with E-state index in [1.165, 1.54) is 16.2 Å². The summed E-state index contributed by atoms with van der Waals surface area (Å²) in [6.07, 6.45) is 3.78. The number of nitrogens with one attached hydrogen (secondary N) is 1. The number of thiophene rings is 1. The molecule has 2 heterocycles. The second-order valence-electron chi connectivity index (χ2n) is 7.04. The lowest BCUT2D eigenvalue weighted by Gasteiger charge is -2.21. The van der Waals surface area contributed by atoms with Crippen molar-refractivity contribution in [3.05, 3.63) is 39.7 Å². The molecule has 1 atom stereocenters. The van der Waals surface area contributed by atoms with Gasteiger partial charge in [-0.05, 0) is 63.6 Å². The third kappa shape index (κ3) is 3.85. The summed E-state index contributed by atoms with van der Waals surface area (Å²) in [5.41, 5.74) is 1.56. The van der Waals surface area contributed by atoms with Gasteiger partial charge in [0.25, 0.3) is 5.91 Å². The molecule has 1 aliphatic carbocycles. The van der Waals surface area contributed by atoms with E-state index in [0.29, 0.717) is 22.2 Å². The van der Waals surface area contributed by atoms with Gasteiger partial charge in [-0.1, -0.05) is 13.3 Å². The lowest BCUT2D eigenvalue weighted by atomic mass is 9.85. The molecule has 0 fully saturated rings. The number of carbonyl (C=O) groups is 2. The molecule has 26 heavy (non-hydrogen) atoms. The van der Waals surface area contributed by atoms with Crippen molar-refractivity contribution in [3.63, 3.8) is 0 Å². The summed E-state index contributed by atoms with van der Waals surface area (Å²) in [7, 11) is 0. The first kappa shape index (κ1) is 18.7. The Labute approximate surface area is 157 Å². The molecule has 1 unspecified atom stereocenters. The minimum absolute atomic E-state index is 0.207. The van der Waals surface area contributed by atoms with E-state index in [4.69, 9.17) is 9.15 Å². The van der Waals surface area contributed by atoms with E-state index in [1.54, 1.807) is 19.1 Å². The standard InChI is InChI=1S/C20H25NO4S/c1-5-13-7-8-14-16(10-13)26-19(17(14)20(23)24-11(2)3)21-18(22)15-9-6-12(4)25-15/h6,9,11,13H,5,7-8,10H2,1-4H3,(H,21,22). The zero-order valence-electron chi connectivity index (χ0n) is 15.7. The van der Waals surface area contributed by atoms with E-state index in [2.05, 4.69) is 12.2 Å². The Kier molecular flexibility index (Phi) is 5.51. The van der Waals surface area contributed by atoms with E-state index in [9.17, 15) is 9.59 Å². The average molecular weight is 375 g/mol. The van der Waals surface area contributed by atoms with Crippen LogP contribution in [0.3, 0.4) is 0 Å². The van der Waals surface area contributed by atoms with Crippen LogP contribution in [0.1, 0.15) is 70.7 Å². The number of fused-ring (bicyclic) bond motifs is 1. The minimum Gasteiger partial charge on any atom is -0.459 e. The Morgan fingerprint density at radius 2 is 2.15 bits per heavy atom. The third-order valence-electron chi connectivity index (χ3n) is 4.68. The summed E-state index contributed by atoms with van der Waals surface area (Å²) in [6.45, 7) is 7.64. The molecule has 0 saturated carbocycles. The van der Waals surface area contributed by atoms with Crippen molar-refractivity contribution in [2.75, 3.05) is 5.32 Å². The molecule has 1 amide bonds. The average Bonchev–Trinajstić information content (AvgIpc) is 3.16. The second-order valence-corrected chi connectivity index (χ2v) is 8.15. The predicted octanol–water partition coefficient (Wildman–Crippen LogP) is 4.98. The summed E-state index contributed by atoms with van der Waals surface area (Å²) < 4.78 is 10.8. The van der Waals surface area contributed by atoms with Crippen LogP contribution in [0, 0.1) is 12.8 Å². The summed E-state index contributed by atoms with van der Waals surface area (Å²) >= 11 is 1.49. The SMILES string of the molecule is CCC1CCc2c(sc(NC(=O)c3ccc(C)o3)c2C(=O)OC(C)C)C1. The largest absolute Gasteiger partial charge is 0.459 e. The third-order valence-corrected chi connectivity index (χ3v) is 5.85. The van der Waals surface area contributed by atoms with Crippen LogP contribution in [0.25, 0.3) is 0 Å². The number of hydrogen-bond acceptors (Lipinski definition) is 5. The van der Waals surface area contributed by atoms with Gasteiger partial charge in [0.2, 0.25) is 0 Å². The molecule has 2 aromatic rings. The molecule has 3 rings (SSSR count). The fourth-order valence-corrected chi connectivity index (χ4v) is 4.65. The number of carbonyl (C=O) groups excluding carboxylic acids is 2. The van der Waals surface area contributed by atoms with E-state index in [1.807, 2.05) is 13.8 Å². The van der Waals surface area contributed by atoms with Gasteiger partial charge in [0, 0.05) is 4.88 Å². The minimum atomic E-state index is -0.363. The number of hydrogen-bond donors (Lipinski definition) is 1. The van der Waals surface area contributed by atoms with Gasteiger partial charge in [0.1, 0.15) is 10.8 Å². The molecule has 5 nitrogen and oxygen atoms in total. The molecule has 0 bridgehead atoms. The molecular formula is C20H25NO4S. The molecule has 6 heteroatoms. The van der Waals surface area contributed by atoms with Gasteiger partial charge in [-0.2, -0.15) is 0 Å². The highest BCUT2D eigenvalue weighted by Gasteiger charge is 2.30. The fraction of sp³-hybridized carbons (Fsp3) is 0.500. The molecule has 0 aromatic carbocycles. The Bertz CT molecular complexity index is 818. The first-order valence-electron chi connectivity index (χ1n) is 9.12. The second kappa shape index (κ2) is 7.66. The Hall–Kier alpha value is -2.08. The van der Waals surface area contributed by atoms with Crippen LogP contribution < -0.4 is 5.32 Å². The van der Waals surface area contributed by atoms with Crippen molar-refractivity contribution in [1.82, 2.24) is 0 Å². The lowest BCUT2D eigenvalue weighted by Crippen LogP contribution is -2.19. The van der Waals surface area contributed by atoms with Gasteiger partial charge >= 0.3 is 5.97 Å². The molecule has 0 spiro atoms. The zero-order chi connectivity index (χ0) is 18.8. The number of ether oxygens (including phenoxy) is 1. The maximum Gasteiger partial charge on any atom is 0.341 e. The predicted molar refractivity (Wildman–Crippen MR) is 102 cm³/mol. The monoisotopic (exact) mass is 375 g/mol. The number of rotatable bonds is 5. The molecule has 1 aliphatic rings. The van der Waals surface area contributed by atoms with Crippen molar-refractivity contribution < 1.29 is 18.7 Å². The normalized spacial score (nSPS) is 16.4. The van der Waals surface area contributed by atoms with Crippen LogP contribution in [0.2, 0.25) is 0 Å². The molecule has 0 radical (unpaired) electrons. The van der Waals surface area contributed by atoms with E-state index in [0.717, 1.165) is 31.2 Å². The summed E-state index contributed by atoms with van der Waals surface area (Å²) in [4.78, 5) is 26.4. The quantitative estimate of drug-likeness (QED) is 0.748. The highest BCUT2D eigenvalue weighted by atomic mass is 32.1. The zero-order valence-corrected chi connectivity index (χ0v) is 16.5. The van der Waals surface area contributed by atoms with Crippen LogP contribution in [0.5, 0.6) is 0 Å². The van der Waals surface area contributed by atoms with Gasteiger partial charge in [0.05, 0.1) is 11.7 Å². The summed E-state index contributed by atoms with van der Waals surface area (Å²) in [6, 6.07) is 3.38. The lowest BCUT2D eigenvalue weighted by molar-refractivity contribution is 0.0378. The first-order valence-corrected chi connectivity index (χ1v) is 9.94. The summed E-state index contributed by atoms with van der Waals surface area (Å²) in [5, 5.41) is 3.44. The van der Waals surface area contributed by atoms with E-state index in [-0.39, 0.29) is 23.7 Å². The van der Waals surface area contributed by atoms with Crippen LogP contribution in [-0.2, 0) is 17.6 Å². The van der Waals surface area contributed by atoms with Crippen LogP contribution in [-0.4, -0.2) is 18.0 Å². The van der Waals surface area contributed by atoms with Gasteiger partial charge < -0.3 is 14.5 Å². The number of esters is 1. The van der Waals surface area contributed by atoms with Crippen molar-refractivity contribution >= 4 is 28.2 Å². The number of amides is 1. The Morgan fingerprint density at radius 3 is 2.77 bits per heavy atom. The van der Waals surface area contributed by atoms with E-state index < -0.39 is 0 Å². The Balaban J connectivity index is 1.93. The Morgan fingerprint density at radius 1 is 1.38 bits per heavy atom. The van der Waals surface area contributed by atoms with Crippen LogP contribution >= 0.6 is 11.3 Å². The number of furan rings is 1. The highest BCUT2D eigenvalue weighted by Crippen LogP contribution is 2.41. The molecule has 0 saturated heterocycles.